The number of nitrogens with one attached hydrogen (secondary N) is 2. The summed E-state index contributed by atoms with van der Waals surface area (Å²) in [7, 11) is 0. The summed E-state index contributed by atoms with van der Waals surface area (Å²) in [6.45, 7) is 0. The first-order valence-electron chi connectivity index (χ1n) is 7.85. The summed E-state index contributed by atoms with van der Waals surface area (Å²) in [5, 5.41) is 2.51. The average molecular weight is 358 g/mol. The van der Waals surface area contributed by atoms with E-state index in [4.69, 9.17) is 0 Å². The average Bonchev–Trinajstić information content (AvgIpc) is 3.43. The Bertz CT molecular complexity index is 1160. The highest BCUT2D eigenvalue weighted by Crippen LogP contribution is 2.34. The molecule has 3 aromatic rings. The highest BCUT2D eigenvalue weighted by atomic mass is 19.2. The molecule has 1 aromatic carbocycles. The Morgan fingerprint density at radius 1 is 1.19 bits per heavy atom. The van der Waals surface area contributed by atoms with Crippen molar-refractivity contribution in [2.75, 3.05) is 5.32 Å². The number of hydrogen-bond acceptors (Lipinski definition) is 4. The normalized spacial score (nSPS) is 13.8. The number of halogens is 2. The molecule has 0 unspecified atom stereocenters. The van der Waals surface area contributed by atoms with Crippen molar-refractivity contribution >= 4 is 22.6 Å². The number of hydrogen-bond donors (Lipinski definition) is 2. The van der Waals surface area contributed by atoms with Crippen molar-refractivity contribution in [3.05, 3.63) is 68.5 Å². The third kappa shape index (κ3) is 2.77. The van der Waals surface area contributed by atoms with Crippen molar-refractivity contribution in [2.24, 2.45) is 0 Å². The Hall–Kier alpha value is -3.36. The Morgan fingerprint density at radius 2 is 1.96 bits per heavy atom. The lowest BCUT2D eigenvalue weighted by atomic mass is 10.2. The van der Waals surface area contributed by atoms with E-state index in [0.29, 0.717) is 0 Å². The van der Waals surface area contributed by atoms with E-state index in [1.54, 1.807) is 0 Å². The van der Waals surface area contributed by atoms with Gasteiger partial charge in [0.2, 0.25) is 0 Å². The fourth-order valence-corrected chi connectivity index (χ4v) is 2.71. The van der Waals surface area contributed by atoms with Crippen molar-refractivity contribution in [2.45, 2.75) is 18.9 Å². The van der Waals surface area contributed by atoms with E-state index in [-0.39, 0.29) is 28.3 Å². The van der Waals surface area contributed by atoms with E-state index in [1.807, 2.05) is 0 Å². The zero-order valence-electron chi connectivity index (χ0n) is 13.3. The fourth-order valence-electron chi connectivity index (χ4n) is 2.71. The summed E-state index contributed by atoms with van der Waals surface area (Å²) in [6, 6.07) is 4.26. The molecule has 1 aliphatic carbocycles. The monoisotopic (exact) mass is 358 g/mol. The number of aromatic amines is 1. The number of carbonyl (C=O) groups is 1. The molecule has 1 saturated carbocycles. The molecule has 7 nitrogen and oxygen atoms in total. The quantitative estimate of drug-likeness (QED) is 0.748. The zero-order chi connectivity index (χ0) is 18.4. The zero-order valence-corrected chi connectivity index (χ0v) is 13.3. The minimum atomic E-state index is -1.09. The number of aromatic nitrogens is 3. The number of amides is 1. The van der Waals surface area contributed by atoms with Crippen molar-refractivity contribution in [1.82, 2.24) is 14.5 Å². The first kappa shape index (κ1) is 16.1. The van der Waals surface area contributed by atoms with E-state index in [9.17, 15) is 23.2 Å². The molecule has 0 aliphatic heterocycles. The smallest absolute Gasteiger partial charge is 0.322 e. The minimum absolute atomic E-state index is 0.00350. The van der Waals surface area contributed by atoms with E-state index >= 15 is 0 Å². The van der Waals surface area contributed by atoms with Crippen molar-refractivity contribution < 1.29 is 13.6 Å². The summed E-state index contributed by atoms with van der Waals surface area (Å²) in [6.07, 6.45) is 2.87. The van der Waals surface area contributed by atoms with Gasteiger partial charge in [0.1, 0.15) is 5.65 Å². The van der Waals surface area contributed by atoms with Gasteiger partial charge in [-0.3, -0.25) is 19.1 Å². The summed E-state index contributed by atoms with van der Waals surface area (Å²) in [4.78, 5) is 42.7. The van der Waals surface area contributed by atoms with Crippen molar-refractivity contribution in [3.63, 3.8) is 0 Å². The molecule has 0 saturated heterocycles. The van der Waals surface area contributed by atoms with Crippen molar-refractivity contribution in [1.29, 1.82) is 0 Å². The molecule has 2 N–H and O–H groups in total. The predicted molar refractivity (Wildman–Crippen MR) is 89.2 cm³/mol. The standard InChI is InChI=1S/C17H12F2N4O3/c18-12-4-1-9(6-13(12)19)21-15(24)8-5-11-14(20-7-8)23(10-2-3-10)17(26)22-16(11)25/h1,4-7,10H,2-3H2,(H,21,24)(H,22,25,26). The van der Waals surface area contributed by atoms with Crippen LogP contribution in [0.4, 0.5) is 14.5 Å². The lowest BCUT2D eigenvalue weighted by Gasteiger charge is -2.09. The highest BCUT2D eigenvalue weighted by Gasteiger charge is 2.27. The van der Waals surface area contributed by atoms with E-state index in [0.717, 1.165) is 25.0 Å². The molecule has 0 spiro atoms. The summed E-state index contributed by atoms with van der Waals surface area (Å²) in [5.74, 6) is -2.77. The van der Waals surface area contributed by atoms with Gasteiger partial charge in [-0.2, -0.15) is 0 Å². The van der Waals surface area contributed by atoms with Crippen LogP contribution in [0, 0.1) is 11.6 Å². The number of fused-ring (bicyclic) bond motifs is 1. The Balaban J connectivity index is 1.73. The molecule has 1 aliphatic rings. The maximum atomic E-state index is 13.2. The number of pyridine rings is 1. The maximum absolute atomic E-state index is 13.2. The number of carbonyl (C=O) groups excluding carboxylic acids is 1. The second kappa shape index (κ2) is 5.87. The van der Waals surface area contributed by atoms with Crippen LogP contribution in [0.1, 0.15) is 29.2 Å². The molecule has 0 radical (unpaired) electrons. The molecule has 1 amide bonds. The second-order valence-electron chi connectivity index (χ2n) is 6.04. The van der Waals surface area contributed by atoms with Gasteiger partial charge in [-0.05, 0) is 31.0 Å². The maximum Gasteiger partial charge on any atom is 0.330 e. The van der Waals surface area contributed by atoms with Crippen LogP contribution in [-0.2, 0) is 0 Å². The number of benzene rings is 1. The van der Waals surface area contributed by atoms with E-state index < -0.39 is 28.8 Å². The van der Waals surface area contributed by atoms with Gasteiger partial charge in [0, 0.05) is 24.0 Å². The molecule has 2 aromatic heterocycles. The van der Waals surface area contributed by atoms with Gasteiger partial charge >= 0.3 is 5.69 Å². The molecule has 4 rings (SSSR count). The molecule has 2 heterocycles. The predicted octanol–water partition coefficient (Wildman–Crippen LogP) is 1.95. The number of rotatable bonds is 3. The molecule has 132 valence electrons. The molecule has 0 atom stereocenters. The Kier molecular flexibility index (Phi) is 3.64. The van der Waals surface area contributed by atoms with Gasteiger partial charge in [-0.15, -0.1) is 0 Å². The highest BCUT2D eigenvalue weighted by molar-refractivity contribution is 6.05. The summed E-state index contributed by atoms with van der Waals surface area (Å²) < 4.78 is 27.6. The lowest BCUT2D eigenvalue weighted by Crippen LogP contribution is -2.30. The molecule has 1 fully saturated rings. The van der Waals surface area contributed by atoms with Crippen LogP contribution in [0.3, 0.4) is 0 Å². The fraction of sp³-hybridized carbons (Fsp3) is 0.176. The molecule has 26 heavy (non-hydrogen) atoms. The number of nitrogens with zero attached hydrogens (tertiary/aromatic N) is 2. The van der Waals surface area contributed by atoms with E-state index in [2.05, 4.69) is 15.3 Å². The topological polar surface area (TPSA) is 96.8 Å². The number of anilines is 1. The van der Waals surface area contributed by atoms with Crippen LogP contribution in [0.5, 0.6) is 0 Å². The van der Waals surface area contributed by atoms with Crippen LogP contribution in [0.2, 0.25) is 0 Å². The van der Waals surface area contributed by atoms with Gasteiger partial charge in [0.25, 0.3) is 11.5 Å². The Morgan fingerprint density at radius 3 is 2.65 bits per heavy atom. The Labute approximate surface area is 144 Å². The van der Waals surface area contributed by atoms with Crippen LogP contribution in [0.15, 0.2) is 40.1 Å². The van der Waals surface area contributed by atoms with Gasteiger partial charge in [0.15, 0.2) is 11.6 Å². The van der Waals surface area contributed by atoms with Crippen LogP contribution in [0.25, 0.3) is 11.0 Å². The van der Waals surface area contributed by atoms with Crippen LogP contribution in [-0.4, -0.2) is 20.4 Å². The summed E-state index contributed by atoms with van der Waals surface area (Å²) in [5.41, 5.74) is -0.849. The van der Waals surface area contributed by atoms with E-state index in [1.165, 1.54) is 22.9 Å². The largest absolute Gasteiger partial charge is 0.330 e. The number of H-pyrrole nitrogens is 1. The van der Waals surface area contributed by atoms with Gasteiger partial charge in [-0.25, -0.2) is 18.6 Å². The molecule has 0 bridgehead atoms. The first-order valence-corrected chi connectivity index (χ1v) is 7.85. The molecule has 9 heteroatoms. The third-order valence-electron chi connectivity index (χ3n) is 4.13. The summed E-state index contributed by atoms with van der Waals surface area (Å²) >= 11 is 0. The first-order chi connectivity index (χ1) is 12.4. The van der Waals surface area contributed by atoms with Crippen LogP contribution >= 0.6 is 0 Å². The van der Waals surface area contributed by atoms with Crippen LogP contribution < -0.4 is 16.6 Å². The second-order valence-corrected chi connectivity index (χ2v) is 6.04. The minimum Gasteiger partial charge on any atom is -0.322 e. The van der Waals surface area contributed by atoms with Gasteiger partial charge < -0.3 is 5.32 Å². The SMILES string of the molecule is O=C(Nc1ccc(F)c(F)c1)c1cnc2c(c1)c(=O)[nH]c(=O)n2C1CC1. The van der Waals surface area contributed by atoms with Gasteiger partial charge in [0.05, 0.1) is 10.9 Å². The molecular formula is C17H12F2N4O3. The molecular weight excluding hydrogens is 346 g/mol. The van der Waals surface area contributed by atoms with Gasteiger partial charge in [-0.1, -0.05) is 0 Å². The third-order valence-corrected chi connectivity index (χ3v) is 4.13. The van der Waals surface area contributed by atoms with Crippen molar-refractivity contribution in [3.8, 4) is 0 Å². The lowest BCUT2D eigenvalue weighted by molar-refractivity contribution is 0.102.